The third kappa shape index (κ3) is 1.98. The Bertz CT molecular complexity index is 801. The summed E-state index contributed by atoms with van der Waals surface area (Å²) in [4.78, 5) is 8.77. The molecule has 3 heterocycles. The van der Waals surface area contributed by atoms with Crippen LogP contribution < -0.4 is 5.73 Å². The van der Waals surface area contributed by atoms with Gasteiger partial charge in [-0.15, -0.1) is 0 Å². The van der Waals surface area contributed by atoms with Gasteiger partial charge in [0.15, 0.2) is 5.65 Å². The molecule has 0 saturated heterocycles. The van der Waals surface area contributed by atoms with Crippen molar-refractivity contribution in [2.24, 2.45) is 7.05 Å². The molecule has 104 valence electrons. The first-order valence-electron chi connectivity index (χ1n) is 6.23. The zero-order valence-corrected chi connectivity index (χ0v) is 13.1. The molecule has 0 aliphatic carbocycles. The summed E-state index contributed by atoms with van der Waals surface area (Å²) in [7, 11) is 1.94. The average Bonchev–Trinajstić information content (AvgIpc) is 2.81. The molecule has 0 atom stereocenters. The molecule has 0 fully saturated rings. The molecule has 7 heteroatoms. The zero-order chi connectivity index (χ0) is 14.4. The minimum Gasteiger partial charge on any atom is -0.369 e. The monoisotopic (exact) mass is 334 g/mol. The van der Waals surface area contributed by atoms with Crippen LogP contribution >= 0.6 is 15.9 Å². The van der Waals surface area contributed by atoms with E-state index in [4.69, 9.17) is 5.73 Å². The number of halogens is 1. The number of hydrogen-bond acceptors (Lipinski definition) is 4. The van der Waals surface area contributed by atoms with Gasteiger partial charge in [0, 0.05) is 29.0 Å². The maximum Gasteiger partial charge on any atom is 0.202 e. The molecular formula is C13H15BrN6. The van der Waals surface area contributed by atoms with Crippen molar-refractivity contribution >= 4 is 33.0 Å². The second kappa shape index (κ2) is 4.59. The van der Waals surface area contributed by atoms with Gasteiger partial charge in [0.05, 0.1) is 12.2 Å². The van der Waals surface area contributed by atoms with Crippen LogP contribution in [0.4, 0.5) is 5.95 Å². The molecule has 0 unspecified atom stereocenters. The summed E-state index contributed by atoms with van der Waals surface area (Å²) < 4.78 is 4.69. The molecule has 2 N–H and O–H groups in total. The first-order valence-corrected chi connectivity index (χ1v) is 7.03. The van der Waals surface area contributed by atoms with E-state index in [1.807, 2.05) is 29.3 Å². The van der Waals surface area contributed by atoms with Crippen LogP contribution in [0.5, 0.6) is 0 Å². The first kappa shape index (κ1) is 13.1. The summed E-state index contributed by atoms with van der Waals surface area (Å²) in [5, 5.41) is 4.43. The van der Waals surface area contributed by atoms with Gasteiger partial charge in [-0.1, -0.05) is 0 Å². The van der Waals surface area contributed by atoms with Crippen LogP contribution in [0.2, 0.25) is 0 Å². The van der Waals surface area contributed by atoms with Crippen molar-refractivity contribution in [3.05, 3.63) is 33.7 Å². The Labute approximate surface area is 124 Å². The highest BCUT2D eigenvalue weighted by atomic mass is 79.9. The number of nitrogen functional groups attached to an aromatic ring is 1. The number of aromatic nitrogens is 5. The summed E-state index contributed by atoms with van der Waals surface area (Å²) in [6.07, 6.45) is 1.75. The van der Waals surface area contributed by atoms with Crippen LogP contribution in [0.1, 0.15) is 17.0 Å². The van der Waals surface area contributed by atoms with Crippen molar-refractivity contribution in [2.75, 3.05) is 5.73 Å². The molecule has 0 spiro atoms. The van der Waals surface area contributed by atoms with Crippen molar-refractivity contribution in [2.45, 2.75) is 20.4 Å². The molecule has 20 heavy (non-hydrogen) atoms. The minimum absolute atomic E-state index is 0.466. The van der Waals surface area contributed by atoms with Crippen LogP contribution in [0.15, 0.2) is 16.7 Å². The maximum atomic E-state index is 6.03. The summed E-state index contributed by atoms with van der Waals surface area (Å²) in [5.74, 6) is 0.466. The van der Waals surface area contributed by atoms with Gasteiger partial charge < -0.3 is 5.73 Å². The number of anilines is 1. The summed E-state index contributed by atoms with van der Waals surface area (Å²) in [5.41, 5.74) is 10.9. The molecule has 0 radical (unpaired) electrons. The van der Waals surface area contributed by atoms with Crippen molar-refractivity contribution < 1.29 is 0 Å². The Morgan fingerprint density at radius 1 is 1.35 bits per heavy atom. The number of imidazole rings is 1. The van der Waals surface area contributed by atoms with E-state index in [9.17, 15) is 0 Å². The number of nitrogens with two attached hydrogens (primary N) is 1. The number of rotatable bonds is 2. The van der Waals surface area contributed by atoms with Gasteiger partial charge >= 0.3 is 0 Å². The fraction of sp³-hybridized carbons (Fsp3) is 0.308. The molecule has 0 saturated carbocycles. The van der Waals surface area contributed by atoms with E-state index in [1.165, 1.54) is 0 Å². The number of pyridine rings is 1. The van der Waals surface area contributed by atoms with Gasteiger partial charge in [-0.05, 0) is 35.8 Å². The normalized spacial score (nSPS) is 11.4. The standard InChI is InChI=1S/C13H15BrN6/c1-7-10(8(2)19(3)18-7)6-20-12-11(17-13(20)15)4-9(14)5-16-12/h4-5H,6H2,1-3H3,(H2,15,17). The predicted molar refractivity (Wildman–Crippen MR) is 81.4 cm³/mol. The predicted octanol–water partition coefficient (Wildman–Crippen LogP) is 2.17. The average molecular weight is 335 g/mol. The van der Waals surface area contributed by atoms with Gasteiger partial charge in [0.1, 0.15) is 5.52 Å². The smallest absolute Gasteiger partial charge is 0.202 e. The summed E-state index contributed by atoms with van der Waals surface area (Å²) in [6.45, 7) is 4.68. The third-order valence-electron chi connectivity index (χ3n) is 3.56. The molecule has 0 aromatic carbocycles. The lowest BCUT2D eigenvalue weighted by molar-refractivity contribution is 0.728. The van der Waals surface area contributed by atoms with Gasteiger partial charge in [-0.25, -0.2) is 9.97 Å². The SMILES string of the molecule is Cc1nn(C)c(C)c1Cn1c(N)nc2cc(Br)cnc21. The van der Waals surface area contributed by atoms with Crippen LogP contribution in [0, 0.1) is 13.8 Å². The molecular weight excluding hydrogens is 320 g/mol. The van der Waals surface area contributed by atoms with Crippen molar-refractivity contribution in [1.29, 1.82) is 0 Å². The van der Waals surface area contributed by atoms with E-state index in [0.717, 1.165) is 32.6 Å². The van der Waals surface area contributed by atoms with Gasteiger partial charge in [0.2, 0.25) is 5.95 Å². The van der Waals surface area contributed by atoms with Crippen molar-refractivity contribution in [1.82, 2.24) is 24.3 Å². The Balaban J connectivity index is 2.13. The van der Waals surface area contributed by atoms with E-state index in [2.05, 4.69) is 37.9 Å². The third-order valence-corrected chi connectivity index (χ3v) is 3.99. The molecule has 0 aliphatic rings. The van der Waals surface area contributed by atoms with Crippen LogP contribution in [-0.2, 0) is 13.6 Å². The van der Waals surface area contributed by atoms with Gasteiger partial charge in [-0.2, -0.15) is 5.10 Å². The van der Waals surface area contributed by atoms with E-state index in [0.29, 0.717) is 12.5 Å². The number of nitrogens with zero attached hydrogens (tertiary/aromatic N) is 5. The second-order valence-electron chi connectivity index (χ2n) is 4.83. The maximum absolute atomic E-state index is 6.03. The lowest BCUT2D eigenvalue weighted by Gasteiger charge is -2.06. The highest BCUT2D eigenvalue weighted by Gasteiger charge is 2.15. The molecule has 3 aromatic heterocycles. The fourth-order valence-corrected chi connectivity index (χ4v) is 2.68. The van der Waals surface area contributed by atoms with Gasteiger partial charge in [-0.3, -0.25) is 9.25 Å². The number of aryl methyl sites for hydroxylation is 2. The molecule has 0 amide bonds. The summed E-state index contributed by atoms with van der Waals surface area (Å²) in [6, 6.07) is 1.91. The quantitative estimate of drug-likeness (QED) is 0.779. The highest BCUT2D eigenvalue weighted by molar-refractivity contribution is 9.10. The second-order valence-corrected chi connectivity index (χ2v) is 5.74. The van der Waals surface area contributed by atoms with Gasteiger partial charge in [0.25, 0.3) is 0 Å². The number of fused-ring (bicyclic) bond motifs is 1. The minimum atomic E-state index is 0.466. The molecule has 3 rings (SSSR count). The van der Waals surface area contributed by atoms with E-state index < -0.39 is 0 Å². The van der Waals surface area contributed by atoms with Crippen molar-refractivity contribution in [3.63, 3.8) is 0 Å². The Kier molecular flexibility index (Phi) is 3.01. The largest absolute Gasteiger partial charge is 0.369 e. The van der Waals surface area contributed by atoms with Crippen LogP contribution in [0.25, 0.3) is 11.2 Å². The van der Waals surface area contributed by atoms with Crippen molar-refractivity contribution in [3.8, 4) is 0 Å². The fourth-order valence-electron chi connectivity index (χ4n) is 2.36. The topological polar surface area (TPSA) is 74.5 Å². The van der Waals surface area contributed by atoms with E-state index >= 15 is 0 Å². The number of hydrogen-bond donors (Lipinski definition) is 1. The lowest BCUT2D eigenvalue weighted by atomic mass is 10.2. The van der Waals surface area contributed by atoms with Crippen LogP contribution in [0.3, 0.4) is 0 Å². The lowest BCUT2D eigenvalue weighted by Crippen LogP contribution is -2.07. The first-order chi connectivity index (χ1) is 9.47. The van der Waals surface area contributed by atoms with E-state index in [1.54, 1.807) is 6.20 Å². The van der Waals surface area contributed by atoms with Crippen LogP contribution in [-0.4, -0.2) is 24.3 Å². The zero-order valence-electron chi connectivity index (χ0n) is 11.6. The molecule has 6 nitrogen and oxygen atoms in total. The molecule has 0 aliphatic heterocycles. The molecule has 0 bridgehead atoms. The Hall–Kier alpha value is -1.89. The molecule has 3 aromatic rings. The highest BCUT2D eigenvalue weighted by Crippen LogP contribution is 2.22. The summed E-state index contributed by atoms with van der Waals surface area (Å²) >= 11 is 3.39. The van der Waals surface area contributed by atoms with E-state index in [-0.39, 0.29) is 0 Å². The Morgan fingerprint density at radius 2 is 2.10 bits per heavy atom. The Morgan fingerprint density at radius 3 is 2.75 bits per heavy atom.